The van der Waals surface area contributed by atoms with Crippen LogP contribution < -0.4 is 14.8 Å². The Labute approximate surface area is 180 Å². The lowest BCUT2D eigenvalue weighted by Crippen LogP contribution is -2.49. The third-order valence-corrected chi connectivity index (χ3v) is 5.15. The van der Waals surface area contributed by atoms with E-state index >= 15 is 0 Å². The summed E-state index contributed by atoms with van der Waals surface area (Å²) < 4.78 is 10.7. The molecule has 6 nitrogen and oxygen atoms in total. The number of halogens is 2. The number of nitrogens with one attached hydrogen (secondary N) is 1. The molecule has 29 heavy (non-hydrogen) atoms. The van der Waals surface area contributed by atoms with Gasteiger partial charge in [0.1, 0.15) is 17.5 Å². The van der Waals surface area contributed by atoms with E-state index in [4.69, 9.17) is 32.7 Å². The van der Waals surface area contributed by atoms with Crippen LogP contribution in [-0.2, 0) is 16.1 Å². The summed E-state index contributed by atoms with van der Waals surface area (Å²) in [5.74, 6) is 0.577. The van der Waals surface area contributed by atoms with Crippen molar-refractivity contribution >= 4 is 35.0 Å². The highest BCUT2D eigenvalue weighted by Gasteiger charge is 2.29. The number of hydrogen-bond acceptors (Lipinski definition) is 4. The van der Waals surface area contributed by atoms with Crippen molar-refractivity contribution in [3.05, 3.63) is 58.1 Å². The van der Waals surface area contributed by atoms with Crippen LogP contribution in [-0.4, -0.2) is 43.5 Å². The van der Waals surface area contributed by atoms with Crippen LogP contribution >= 0.6 is 23.2 Å². The van der Waals surface area contributed by atoms with E-state index in [0.717, 1.165) is 0 Å². The number of amides is 2. The van der Waals surface area contributed by atoms with Gasteiger partial charge in [-0.15, -0.1) is 0 Å². The molecule has 2 aromatic carbocycles. The number of carbonyl (C=O) groups is 2. The lowest BCUT2D eigenvalue weighted by Gasteiger charge is -2.30. The molecule has 0 aliphatic carbocycles. The molecule has 2 rings (SSSR count). The van der Waals surface area contributed by atoms with E-state index in [-0.39, 0.29) is 25.0 Å². The van der Waals surface area contributed by atoms with E-state index in [9.17, 15) is 9.59 Å². The standard InChI is InChI=1S/C21H24Cl2N2O4/c1-4-19(21(27)24-2)25(12-16-17(22)6-5-7-18(16)23)20(26)13-29-15-10-8-14(28-3)9-11-15/h5-11,19H,4,12-13H2,1-3H3,(H,24,27). The third kappa shape index (κ3) is 6.02. The number of carbonyl (C=O) groups excluding carboxylic acids is 2. The molecule has 1 N–H and O–H groups in total. The Bertz CT molecular complexity index is 823. The molecule has 0 saturated carbocycles. The van der Waals surface area contributed by atoms with E-state index in [2.05, 4.69) is 5.32 Å². The molecular weight excluding hydrogens is 415 g/mol. The molecule has 0 heterocycles. The number of nitrogens with zero attached hydrogens (tertiary/aromatic N) is 1. The predicted molar refractivity (Wildman–Crippen MR) is 114 cm³/mol. The van der Waals surface area contributed by atoms with E-state index in [1.807, 2.05) is 6.92 Å². The molecule has 0 bridgehead atoms. The van der Waals surface area contributed by atoms with Gasteiger partial charge in [-0.2, -0.15) is 0 Å². The van der Waals surface area contributed by atoms with Crippen LogP contribution in [0, 0.1) is 0 Å². The molecular formula is C21H24Cl2N2O4. The van der Waals surface area contributed by atoms with Gasteiger partial charge in [0, 0.05) is 29.2 Å². The maximum Gasteiger partial charge on any atom is 0.261 e. The molecule has 8 heteroatoms. The summed E-state index contributed by atoms with van der Waals surface area (Å²) in [4.78, 5) is 26.8. The van der Waals surface area contributed by atoms with Crippen LogP contribution in [0.15, 0.2) is 42.5 Å². The second-order valence-electron chi connectivity index (χ2n) is 6.22. The Morgan fingerprint density at radius 3 is 2.17 bits per heavy atom. The lowest BCUT2D eigenvalue weighted by atomic mass is 10.1. The summed E-state index contributed by atoms with van der Waals surface area (Å²) in [7, 11) is 3.10. The zero-order valence-corrected chi connectivity index (χ0v) is 18.1. The fourth-order valence-electron chi connectivity index (χ4n) is 2.84. The van der Waals surface area contributed by atoms with Crippen LogP contribution in [0.1, 0.15) is 18.9 Å². The smallest absolute Gasteiger partial charge is 0.261 e. The molecule has 0 radical (unpaired) electrons. The maximum absolute atomic E-state index is 13.0. The van der Waals surface area contributed by atoms with Crippen molar-refractivity contribution < 1.29 is 19.1 Å². The van der Waals surface area contributed by atoms with E-state index in [1.54, 1.807) is 49.6 Å². The normalized spacial score (nSPS) is 11.5. The Hall–Kier alpha value is -2.44. The predicted octanol–water partition coefficient (Wildman–Crippen LogP) is 3.93. The van der Waals surface area contributed by atoms with Crippen LogP contribution in [0.4, 0.5) is 0 Å². The first-order valence-corrected chi connectivity index (χ1v) is 9.87. The van der Waals surface area contributed by atoms with E-state index in [0.29, 0.717) is 33.5 Å². The second kappa shape index (κ2) is 10.9. The number of likely N-dealkylation sites (N-methyl/N-ethyl adjacent to an activating group) is 1. The first-order chi connectivity index (χ1) is 13.9. The van der Waals surface area contributed by atoms with Crippen molar-refractivity contribution in [3.8, 4) is 11.5 Å². The fraction of sp³-hybridized carbons (Fsp3) is 0.333. The van der Waals surface area contributed by atoms with E-state index in [1.165, 1.54) is 11.9 Å². The van der Waals surface area contributed by atoms with Gasteiger partial charge >= 0.3 is 0 Å². The number of ether oxygens (including phenoxy) is 2. The van der Waals surface area contributed by atoms with E-state index < -0.39 is 6.04 Å². The van der Waals surface area contributed by atoms with Crippen molar-refractivity contribution in [2.24, 2.45) is 0 Å². The van der Waals surface area contributed by atoms with Gasteiger partial charge in [-0.3, -0.25) is 9.59 Å². The Kier molecular flexibility index (Phi) is 8.61. The van der Waals surface area contributed by atoms with Crippen molar-refractivity contribution in [2.75, 3.05) is 20.8 Å². The molecule has 0 aromatic heterocycles. The molecule has 0 saturated heterocycles. The zero-order chi connectivity index (χ0) is 21.4. The number of hydrogen-bond donors (Lipinski definition) is 1. The summed E-state index contributed by atoms with van der Waals surface area (Å²) in [6.07, 6.45) is 0.427. The molecule has 156 valence electrons. The average molecular weight is 439 g/mol. The number of methoxy groups -OCH3 is 1. The van der Waals surface area contributed by atoms with Crippen LogP contribution in [0.5, 0.6) is 11.5 Å². The number of benzene rings is 2. The molecule has 0 fully saturated rings. The van der Waals surface area contributed by atoms with Gasteiger partial charge in [0.15, 0.2) is 6.61 Å². The largest absolute Gasteiger partial charge is 0.497 e. The summed E-state index contributed by atoms with van der Waals surface area (Å²) in [5.41, 5.74) is 0.580. The highest BCUT2D eigenvalue weighted by molar-refractivity contribution is 6.36. The number of rotatable bonds is 9. The van der Waals surface area contributed by atoms with Gasteiger partial charge in [0.05, 0.1) is 7.11 Å². The van der Waals surface area contributed by atoms with Gasteiger partial charge in [-0.1, -0.05) is 36.2 Å². The van der Waals surface area contributed by atoms with Crippen LogP contribution in [0.25, 0.3) is 0 Å². The minimum absolute atomic E-state index is 0.0925. The second-order valence-corrected chi connectivity index (χ2v) is 7.04. The van der Waals surface area contributed by atoms with Crippen molar-refractivity contribution in [3.63, 3.8) is 0 Å². The van der Waals surface area contributed by atoms with Crippen LogP contribution in [0.3, 0.4) is 0 Å². The first-order valence-electron chi connectivity index (χ1n) is 9.12. The Morgan fingerprint density at radius 2 is 1.66 bits per heavy atom. The van der Waals surface area contributed by atoms with Crippen molar-refractivity contribution in [1.82, 2.24) is 10.2 Å². The molecule has 0 aliphatic heterocycles. The minimum atomic E-state index is -0.681. The van der Waals surface area contributed by atoms with Crippen molar-refractivity contribution in [1.29, 1.82) is 0 Å². The van der Waals surface area contributed by atoms with Gasteiger partial charge in [-0.25, -0.2) is 0 Å². The van der Waals surface area contributed by atoms with Gasteiger partial charge in [0.25, 0.3) is 5.91 Å². The molecule has 0 aliphatic rings. The minimum Gasteiger partial charge on any atom is -0.497 e. The van der Waals surface area contributed by atoms with Gasteiger partial charge in [-0.05, 0) is 42.8 Å². The highest BCUT2D eigenvalue weighted by atomic mass is 35.5. The van der Waals surface area contributed by atoms with Gasteiger partial charge in [0.2, 0.25) is 5.91 Å². The summed E-state index contributed by atoms with van der Waals surface area (Å²) in [5, 5.41) is 3.46. The molecule has 2 amide bonds. The Balaban J connectivity index is 2.22. The maximum atomic E-state index is 13.0. The molecule has 1 atom stereocenters. The van der Waals surface area contributed by atoms with Gasteiger partial charge < -0.3 is 19.7 Å². The summed E-state index contributed by atoms with van der Waals surface area (Å²) in [6, 6.07) is 11.3. The molecule has 0 spiro atoms. The summed E-state index contributed by atoms with van der Waals surface area (Å²) in [6.45, 7) is 1.69. The van der Waals surface area contributed by atoms with Crippen molar-refractivity contribution in [2.45, 2.75) is 25.9 Å². The SMILES string of the molecule is CCC(C(=O)NC)N(Cc1c(Cl)cccc1Cl)C(=O)COc1ccc(OC)cc1. The van der Waals surface area contributed by atoms with Crippen LogP contribution in [0.2, 0.25) is 10.0 Å². The monoisotopic (exact) mass is 438 g/mol. The first kappa shape index (κ1) is 22.8. The quantitative estimate of drug-likeness (QED) is 0.643. The topological polar surface area (TPSA) is 67.9 Å². The molecule has 2 aromatic rings. The average Bonchev–Trinajstić information content (AvgIpc) is 2.73. The highest BCUT2D eigenvalue weighted by Crippen LogP contribution is 2.27. The third-order valence-electron chi connectivity index (χ3n) is 4.44. The lowest BCUT2D eigenvalue weighted by molar-refractivity contribution is -0.142. The molecule has 1 unspecified atom stereocenters. The Morgan fingerprint density at radius 1 is 1.07 bits per heavy atom. The zero-order valence-electron chi connectivity index (χ0n) is 16.6. The fourth-order valence-corrected chi connectivity index (χ4v) is 3.36. The summed E-state index contributed by atoms with van der Waals surface area (Å²) >= 11 is 12.6.